The highest BCUT2D eigenvalue weighted by Crippen LogP contribution is 2.47. The Morgan fingerprint density at radius 1 is 1.10 bits per heavy atom. The molecular weight excluding hydrogens is 384 g/mol. The fraction of sp³-hybridized carbons (Fsp3) is 0.348. The van der Waals surface area contributed by atoms with Crippen LogP contribution in [0, 0.1) is 18.8 Å². The average molecular weight is 409 g/mol. The minimum atomic E-state index is -1.19. The molecule has 0 bridgehead atoms. The van der Waals surface area contributed by atoms with Gasteiger partial charge in [-0.25, -0.2) is 9.69 Å². The van der Waals surface area contributed by atoms with Crippen LogP contribution < -0.4 is 10.2 Å². The Hall–Kier alpha value is -3.19. The highest BCUT2D eigenvalue weighted by atomic mass is 16.5. The monoisotopic (exact) mass is 409 g/mol. The zero-order chi connectivity index (χ0) is 21.6. The molecular formula is C23H25N2O5+. The molecule has 4 atom stereocenters. The Morgan fingerprint density at radius 2 is 1.73 bits per heavy atom. The summed E-state index contributed by atoms with van der Waals surface area (Å²) in [7, 11) is 1.30. The van der Waals surface area contributed by atoms with E-state index in [4.69, 9.17) is 4.74 Å². The third kappa shape index (κ3) is 2.81. The quantitative estimate of drug-likeness (QED) is 0.588. The van der Waals surface area contributed by atoms with Gasteiger partial charge in [-0.2, -0.15) is 0 Å². The highest BCUT2D eigenvalue weighted by molar-refractivity contribution is 6.23. The van der Waals surface area contributed by atoms with Crippen molar-refractivity contribution >= 4 is 23.5 Å². The number of hydrogen-bond donors (Lipinski definition) is 2. The van der Waals surface area contributed by atoms with Crippen LogP contribution in [0.5, 0.6) is 5.75 Å². The average Bonchev–Trinajstić information content (AvgIpc) is 3.23. The topological polar surface area (TPSA) is 101 Å². The number of imide groups is 1. The Bertz CT molecular complexity index is 1000. The number of fused-ring (bicyclic) bond motifs is 1. The number of carbonyl (C=O) groups excluding carboxylic acids is 3. The van der Waals surface area contributed by atoms with E-state index in [0.29, 0.717) is 12.1 Å². The molecule has 3 N–H and O–H groups in total. The molecule has 0 saturated carbocycles. The summed E-state index contributed by atoms with van der Waals surface area (Å²) < 4.78 is 5.09. The molecule has 2 saturated heterocycles. The number of carbonyl (C=O) groups is 3. The van der Waals surface area contributed by atoms with Gasteiger partial charge in [0.25, 0.3) is 0 Å². The molecule has 2 fully saturated rings. The van der Waals surface area contributed by atoms with Crippen molar-refractivity contribution in [1.82, 2.24) is 0 Å². The van der Waals surface area contributed by atoms with Crippen LogP contribution in [0.15, 0.2) is 48.5 Å². The molecule has 0 aliphatic carbocycles. The Balaban J connectivity index is 1.84. The van der Waals surface area contributed by atoms with E-state index >= 15 is 0 Å². The van der Waals surface area contributed by atoms with E-state index in [-0.39, 0.29) is 17.6 Å². The molecule has 30 heavy (non-hydrogen) atoms. The van der Waals surface area contributed by atoms with Gasteiger partial charge in [-0.3, -0.25) is 9.59 Å². The first-order chi connectivity index (χ1) is 14.3. The minimum Gasteiger partial charge on any atom is -0.508 e. The number of benzene rings is 2. The summed E-state index contributed by atoms with van der Waals surface area (Å²) in [5, 5.41) is 11.5. The first-order valence-corrected chi connectivity index (χ1v) is 10.0. The van der Waals surface area contributed by atoms with Crippen molar-refractivity contribution in [2.24, 2.45) is 11.8 Å². The molecule has 2 aromatic rings. The van der Waals surface area contributed by atoms with Crippen molar-refractivity contribution in [1.29, 1.82) is 0 Å². The number of quaternary nitrogens is 1. The standard InChI is InChI=1S/C23H24N2O5/c1-4-23(22(29)30-3)18-17(19(24-23)14-7-11-16(26)12-8-14)20(27)25(21(18)28)15-9-5-13(2)6-10-15/h5-12,17-19,24,26H,4H2,1-3H3/p+1/t17-,18-,19-,23-/m0/s1. The molecule has 156 valence electrons. The molecule has 0 radical (unpaired) electrons. The molecule has 2 aliphatic rings. The van der Waals surface area contributed by atoms with Gasteiger partial charge in [-0.05, 0) is 43.3 Å². The predicted molar refractivity (Wildman–Crippen MR) is 108 cm³/mol. The van der Waals surface area contributed by atoms with Gasteiger partial charge in [-0.15, -0.1) is 0 Å². The second-order valence-corrected chi connectivity index (χ2v) is 8.02. The lowest BCUT2D eigenvalue weighted by Crippen LogP contribution is -2.98. The van der Waals surface area contributed by atoms with Crippen LogP contribution in [-0.2, 0) is 19.1 Å². The number of nitrogens with zero attached hydrogens (tertiary/aromatic N) is 1. The molecule has 0 spiro atoms. The Morgan fingerprint density at radius 3 is 2.30 bits per heavy atom. The fourth-order valence-electron chi connectivity index (χ4n) is 4.94. The number of nitrogens with two attached hydrogens (primary N) is 1. The van der Waals surface area contributed by atoms with Crippen molar-refractivity contribution in [2.45, 2.75) is 31.8 Å². The molecule has 7 nitrogen and oxygen atoms in total. The molecule has 2 heterocycles. The van der Waals surface area contributed by atoms with Gasteiger partial charge in [0.1, 0.15) is 23.6 Å². The zero-order valence-electron chi connectivity index (χ0n) is 17.2. The number of aromatic hydroxyl groups is 1. The van der Waals surface area contributed by atoms with Crippen molar-refractivity contribution < 1.29 is 29.5 Å². The number of phenols is 1. The van der Waals surface area contributed by atoms with Crippen LogP contribution in [0.1, 0.15) is 30.5 Å². The molecule has 2 aromatic carbocycles. The lowest BCUT2D eigenvalue weighted by Gasteiger charge is -2.28. The van der Waals surface area contributed by atoms with Gasteiger partial charge >= 0.3 is 5.97 Å². The largest absolute Gasteiger partial charge is 0.508 e. The number of hydrogen-bond acceptors (Lipinski definition) is 5. The van der Waals surface area contributed by atoms with Crippen LogP contribution in [0.3, 0.4) is 0 Å². The number of phenolic OH excluding ortho intramolecular Hbond substituents is 1. The third-order valence-corrected chi connectivity index (χ3v) is 6.49. The molecule has 4 rings (SSSR count). The molecule has 2 aliphatic heterocycles. The number of rotatable bonds is 4. The number of ether oxygens (including phenoxy) is 1. The Labute approximate surface area is 174 Å². The second kappa shape index (κ2) is 7.25. The maximum absolute atomic E-state index is 13.5. The SMILES string of the molecule is CC[C@]1(C(=O)OC)[NH2+][C@@H](c2ccc(O)cc2)[C@H]2C(=O)N(c3ccc(C)cc3)C(=O)[C@H]21. The normalized spacial score (nSPS) is 28.0. The summed E-state index contributed by atoms with van der Waals surface area (Å²) in [4.78, 5) is 41.2. The van der Waals surface area contributed by atoms with Crippen LogP contribution in [0.2, 0.25) is 0 Å². The zero-order valence-corrected chi connectivity index (χ0v) is 17.2. The third-order valence-electron chi connectivity index (χ3n) is 6.49. The maximum Gasteiger partial charge on any atom is 0.368 e. The summed E-state index contributed by atoms with van der Waals surface area (Å²) in [5.41, 5.74) is 1.11. The van der Waals surface area contributed by atoms with Crippen molar-refractivity contribution in [3.63, 3.8) is 0 Å². The van der Waals surface area contributed by atoms with Gasteiger partial charge in [-0.1, -0.05) is 24.6 Å². The van der Waals surface area contributed by atoms with E-state index in [2.05, 4.69) is 0 Å². The van der Waals surface area contributed by atoms with E-state index in [1.54, 1.807) is 36.4 Å². The van der Waals surface area contributed by atoms with E-state index in [1.807, 2.05) is 31.3 Å². The summed E-state index contributed by atoms with van der Waals surface area (Å²) >= 11 is 0. The lowest BCUT2D eigenvalue weighted by atomic mass is 9.78. The van der Waals surface area contributed by atoms with Crippen molar-refractivity contribution in [2.75, 3.05) is 12.0 Å². The van der Waals surface area contributed by atoms with Gasteiger partial charge in [0.15, 0.2) is 0 Å². The first-order valence-electron chi connectivity index (χ1n) is 10.0. The number of aryl methyl sites for hydroxylation is 1. The number of esters is 1. The number of amides is 2. The van der Waals surface area contributed by atoms with E-state index in [0.717, 1.165) is 11.1 Å². The minimum absolute atomic E-state index is 0.109. The molecule has 7 heteroatoms. The van der Waals surface area contributed by atoms with Crippen LogP contribution in [-0.4, -0.2) is 35.5 Å². The van der Waals surface area contributed by atoms with Crippen molar-refractivity contribution in [3.8, 4) is 5.75 Å². The Kier molecular flexibility index (Phi) is 4.86. The van der Waals surface area contributed by atoms with Crippen LogP contribution in [0.25, 0.3) is 0 Å². The number of anilines is 1. The maximum atomic E-state index is 13.5. The lowest BCUT2D eigenvalue weighted by molar-refractivity contribution is -0.734. The van der Waals surface area contributed by atoms with Gasteiger partial charge < -0.3 is 15.2 Å². The molecule has 0 aromatic heterocycles. The van der Waals surface area contributed by atoms with E-state index in [1.165, 1.54) is 12.0 Å². The van der Waals surface area contributed by atoms with Gasteiger partial charge in [0.2, 0.25) is 17.4 Å². The van der Waals surface area contributed by atoms with Gasteiger partial charge in [0.05, 0.1) is 12.8 Å². The molecule has 0 unspecified atom stereocenters. The summed E-state index contributed by atoms with van der Waals surface area (Å²) in [5.74, 6) is -2.63. The van der Waals surface area contributed by atoms with Crippen molar-refractivity contribution in [3.05, 3.63) is 59.7 Å². The second-order valence-electron chi connectivity index (χ2n) is 8.02. The van der Waals surface area contributed by atoms with Crippen LogP contribution in [0.4, 0.5) is 5.69 Å². The van der Waals surface area contributed by atoms with Gasteiger partial charge in [0, 0.05) is 12.0 Å². The number of methoxy groups -OCH3 is 1. The smallest absolute Gasteiger partial charge is 0.368 e. The van der Waals surface area contributed by atoms with E-state index < -0.39 is 29.4 Å². The van der Waals surface area contributed by atoms with Crippen LogP contribution >= 0.6 is 0 Å². The highest BCUT2D eigenvalue weighted by Gasteiger charge is 2.72. The first kappa shape index (κ1) is 20.1. The van der Waals surface area contributed by atoms with E-state index in [9.17, 15) is 19.5 Å². The summed E-state index contributed by atoms with van der Waals surface area (Å²) in [6.07, 6.45) is 0.343. The fourth-order valence-corrected chi connectivity index (χ4v) is 4.94. The molecule has 2 amide bonds. The predicted octanol–water partition coefficient (Wildman–Crippen LogP) is 1.45. The summed E-state index contributed by atoms with van der Waals surface area (Å²) in [6, 6.07) is 13.3. The summed E-state index contributed by atoms with van der Waals surface area (Å²) in [6.45, 7) is 3.76.